The molecule has 0 amide bonds. The van der Waals surface area contributed by atoms with Crippen LogP contribution in [-0.4, -0.2) is 48.7 Å². The van der Waals surface area contributed by atoms with Crippen molar-refractivity contribution in [2.45, 2.75) is 45.9 Å². The van der Waals surface area contributed by atoms with Crippen LogP contribution in [0.4, 0.5) is 5.82 Å². The number of benzene rings is 1. The molecule has 0 saturated carbocycles. The highest BCUT2D eigenvalue weighted by molar-refractivity contribution is 7.89. The Kier molecular flexibility index (Phi) is 7.24. The third-order valence-corrected chi connectivity index (χ3v) is 6.10. The lowest BCUT2D eigenvalue weighted by atomic mass is 10.1. The highest BCUT2D eigenvalue weighted by atomic mass is 32.2. The van der Waals surface area contributed by atoms with Crippen molar-refractivity contribution in [3.63, 3.8) is 0 Å². The number of aromatic nitrogens is 3. The molecule has 9 nitrogen and oxygen atoms in total. The fraction of sp³-hybridized carbons (Fsp3) is 0.500. The average molecular weight is 436 g/mol. The Morgan fingerprint density at radius 3 is 2.77 bits per heavy atom. The minimum absolute atomic E-state index is 0.209. The van der Waals surface area contributed by atoms with E-state index in [-0.39, 0.29) is 12.0 Å². The highest BCUT2D eigenvalue weighted by Crippen LogP contribution is 2.29. The van der Waals surface area contributed by atoms with Gasteiger partial charge in [0, 0.05) is 31.7 Å². The van der Waals surface area contributed by atoms with E-state index < -0.39 is 10.0 Å². The van der Waals surface area contributed by atoms with Crippen LogP contribution in [0.2, 0.25) is 0 Å². The molecule has 0 spiro atoms. The lowest BCUT2D eigenvalue weighted by Gasteiger charge is -2.15. The van der Waals surface area contributed by atoms with Gasteiger partial charge >= 0.3 is 0 Å². The fourth-order valence-electron chi connectivity index (χ4n) is 3.56. The molecule has 164 valence electrons. The molecule has 1 aromatic carbocycles. The van der Waals surface area contributed by atoms with Gasteiger partial charge in [-0.15, -0.1) is 0 Å². The van der Waals surface area contributed by atoms with E-state index in [1.807, 2.05) is 38.1 Å². The van der Waals surface area contributed by atoms with Crippen molar-refractivity contribution in [3.8, 4) is 0 Å². The first-order valence-corrected chi connectivity index (χ1v) is 11.6. The van der Waals surface area contributed by atoms with Gasteiger partial charge in [-0.25, -0.2) is 23.1 Å². The Morgan fingerprint density at radius 1 is 1.27 bits per heavy atom. The summed E-state index contributed by atoms with van der Waals surface area (Å²) in [7, 11) is -2.08. The molecule has 0 aliphatic rings. The molecular weight excluding hydrogens is 406 g/mol. The van der Waals surface area contributed by atoms with Gasteiger partial charge < -0.3 is 19.8 Å². The summed E-state index contributed by atoms with van der Waals surface area (Å²) in [5.74, 6) is 0.825. The minimum atomic E-state index is -3.44. The number of hydrogen-bond acceptors (Lipinski definition) is 7. The third kappa shape index (κ3) is 5.07. The Morgan fingerprint density at radius 2 is 2.03 bits per heavy atom. The molecule has 2 heterocycles. The largest absolute Gasteiger partial charge is 0.382 e. The van der Waals surface area contributed by atoms with E-state index in [0.29, 0.717) is 37.5 Å². The van der Waals surface area contributed by atoms with E-state index in [9.17, 15) is 8.42 Å². The molecule has 3 N–H and O–H groups in total. The minimum Gasteiger partial charge on any atom is -0.382 e. The maximum Gasteiger partial charge on any atom is 0.236 e. The summed E-state index contributed by atoms with van der Waals surface area (Å²) in [6.45, 7) is 5.39. The van der Waals surface area contributed by atoms with Gasteiger partial charge in [0.15, 0.2) is 11.8 Å². The highest BCUT2D eigenvalue weighted by Gasteiger charge is 2.18. The number of nitrogens with zero attached hydrogens (tertiary/aromatic N) is 3. The van der Waals surface area contributed by atoms with Gasteiger partial charge in [0.2, 0.25) is 10.0 Å². The van der Waals surface area contributed by atoms with Crippen LogP contribution >= 0.6 is 0 Å². The second-order valence-corrected chi connectivity index (χ2v) is 8.91. The molecule has 0 radical (unpaired) electrons. The lowest BCUT2D eigenvalue weighted by Crippen LogP contribution is -2.34. The van der Waals surface area contributed by atoms with Gasteiger partial charge in [0.25, 0.3) is 0 Å². The smallest absolute Gasteiger partial charge is 0.236 e. The van der Waals surface area contributed by atoms with Crippen molar-refractivity contribution in [1.29, 1.82) is 0 Å². The van der Waals surface area contributed by atoms with E-state index in [1.165, 1.54) is 7.11 Å². The monoisotopic (exact) mass is 435 g/mol. The molecule has 3 rings (SSSR count). The number of nitrogens with two attached hydrogens (primary N) is 1. The van der Waals surface area contributed by atoms with Gasteiger partial charge in [-0.3, -0.25) is 0 Å². The van der Waals surface area contributed by atoms with Crippen LogP contribution in [0, 0.1) is 0 Å². The Labute approximate surface area is 176 Å². The number of imidazole rings is 1. The number of methoxy groups -OCH3 is 1. The number of rotatable bonds is 11. The first-order valence-electron chi connectivity index (χ1n) is 9.96. The molecular formula is C20H29N5O4S. The number of aryl methyl sites for hydroxylation is 1. The first-order chi connectivity index (χ1) is 14.4. The molecule has 0 aliphatic carbocycles. The normalized spacial score (nSPS) is 13.3. The molecule has 0 saturated heterocycles. The summed E-state index contributed by atoms with van der Waals surface area (Å²) in [5.41, 5.74) is 8.60. The summed E-state index contributed by atoms with van der Waals surface area (Å²) >= 11 is 0. The van der Waals surface area contributed by atoms with Crippen LogP contribution < -0.4 is 10.5 Å². The van der Waals surface area contributed by atoms with Gasteiger partial charge in [0.05, 0.1) is 11.0 Å². The number of nitrogens with one attached hydrogen (secondary N) is 1. The van der Waals surface area contributed by atoms with Gasteiger partial charge in [-0.2, -0.15) is 0 Å². The predicted molar refractivity (Wildman–Crippen MR) is 117 cm³/mol. The number of pyridine rings is 1. The van der Waals surface area contributed by atoms with E-state index in [1.54, 1.807) is 0 Å². The maximum atomic E-state index is 11.9. The Bertz CT molecular complexity index is 1110. The van der Waals surface area contributed by atoms with Gasteiger partial charge in [0.1, 0.15) is 17.9 Å². The zero-order valence-electron chi connectivity index (χ0n) is 17.6. The summed E-state index contributed by atoms with van der Waals surface area (Å²) in [6.07, 6.45) is 1.41. The van der Waals surface area contributed by atoms with Crippen LogP contribution in [0.3, 0.4) is 0 Å². The molecule has 3 aromatic rings. The van der Waals surface area contributed by atoms with Crippen LogP contribution in [-0.2, 0) is 32.6 Å². The summed E-state index contributed by atoms with van der Waals surface area (Å²) < 4.78 is 38.8. The number of sulfonamides is 1. The first kappa shape index (κ1) is 22.4. The zero-order valence-corrected chi connectivity index (χ0v) is 18.4. The average Bonchev–Trinajstić information content (AvgIpc) is 3.05. The second kappa shape index (κ2) is 9.69. The van der Waals surface area contributed by atoms with Crippen molar-refractivity contribution < 1.29 is 17.9 Å². The van der Waals surface area contributed by atoms with Gasteiger partial charge in [-0.1, -0.05) is 18.2 Å². The number of ether oxygens (including phenoxy) is 2. The molecule has 0 aliphatic heterocycles. The third-order valence-electron chi connectivity index (χ3n) is 4.80. The predicted octanol–water partition coefficient (Wildman–Crippen LogP) is 2.40. The standard InChI is InChI=1S/C20H29N5O4S/c1-4-29-12-17-23-18-19(15-9-5-6-10-16(15)22-20(18)21)25(17)11-7-8-14(2)24-30(26,27)13-28-3/h5-6,9-10,14,24H,4,7-8,11-13H2,1-3H3,(H2,21,22). The SMILES string of the molecule is CCOCc1nc2c(N)nc3ccccc3c2n1CCCC(C)NS(=O)(=O)COC. The quantitative estimate of drug-likeness (QED) is 0.474. The van der Waals surface area contributed by atoms with E-state index in [0.717, 1.165) is 28.7 Å². The summed E-state index contributed by atoms with van der Waals surface area (Å²) in [5, 5.41) is 0.978. The molecule has 0 bridgehead atoms. The summed E-state index contributed by atoms with van der Waals surface area (Å²) in [6, 6.07) is 7.62. The number of para-hydroxylation sites is 1. The molecule has 2 aromatic heterocycles. The fourth-order valence-corrected chi connectivity index (χ4v) is 4.67. The van der Waals surface area contributed by atoms with E-state index in [2.05, 4.69) is 14.3 Å². The Balaban J connectivity index is 1.88. The van der Waals surface area contributed by atoms with E-state index >= 15 is 0 Å². The second-order valence-electron chi connectivity index (χ2n) is 7.21. The molecule has 1 atom stereocenters. The zero-order chi connectivity index (χ0) is 21.7. The number of anilines is 1. The lowest BCUT2D eigenvalue weighted by molar-refractivity contribution is 0.126. The van der Waals surface area contributed by atoms with Crippen molar-refractivity contribution in [2.24, 2.45) is 0 Å². The van der Waals surface area contributed by atoms with Gasteiger partial charge in [-0.05, 0) is 32.8 Å². The number of hydrogen-bond donors (Lipinski definition) is 2. The van der Waals surface area contributed by atoms with Crippen LogP contribution in [0.1, 0.15) is 32.5 Å². The topological polar surface area (TPSA) is 121 Å². The van der Waals surface area contributed by atoms with Crippen molar-refractivity contribution in [3.05, 3.63) is 30.1 Å². The van der Waals surface area contributed by atoms with Crippen LogP contribution in [0.25, 0.3) is 21.9 Å². The number of fused-ring (bicyclic) bond motifs is 3. The van der Waals surface area contributed by atoms with Crippen molar-refractivity contribution in [2.75, 3.05) is 25.4 Å². The van der Waals surface area contributed by atoms with Crippen LogP contribution in [0.5, 0.6) is 0 Å². The Hall–Kier alpha value is -2.27. The molecule has 0 fully saturated rings. The van der Waals surface area contributed by atoms with Crippen molar-refractivity contribution in [1.82, 2.24) is 19.3 Å². The maximum absolute atomic E-state index is 11.9. The molecule has 1 unspecified atom stereocenters. The summed E-state index contributed by atoms with van der Waals surface area (Å²) in [4.78, 5) is 9.18. The number of nitrogen functional groups attached to an aromatic ring is 1. The van der Waals surface area contributed by atoms with E-state index in [4.69, 9.17) is 20.2 Å². The van der Waals surface area contributed by atoms with Crippen LogP contribution in [0.15, 0.2) is 24.3 Å². The van der Waals surface area contributed by atoms with Crippen molar-refractivity contribution >= 4 is 37.8 Å². The molecule has 30 heavy (non-hydrogen) atoms. The molecule has 10 heteroatoms.